The molecule has 6 heteroatoms. The van der Waals surface area contributed by atoms with Crippen LogP contribution in [0.3, 0.4) is 0 Å². The molecule has 0 saturated carbocycles. The van der Waals surface area contributed by atoms with E-state index in [0.29, 0.717) is 0 Å². The first kappa shape index (κ1) is 7.77. The van der Waals surface area contributed by atoms with Crippen molar-refractivity contribution in [2.24, 2.45) is 7.05 Å². The number of aromatic nitrogens is 2. The number of nitrogens with zero attached hydrogens (tertiary/aromatic N) is 2. The molecule has 0 fully saturated rings. The van der Waals surface area contributed by atoms with Gasteiger partial charge in [-0.1, -0.05) is 0 Å². The van der Waals surface area contributed by atoms with E-state index in [-0.39, 0.29) is 11.6 Å². The number of anilines is 1. The van der Waals surface area contributed by atoms with Gasteiger partial charge in [-0.15, -0.1) is 5.10 Å². The van der Waals surface area contributed by atoms with Gasteiger partial charge < -0.3 is 10.5 Å². The molecule has 0 aliphatic rings. The van der Waals surface area contributed by atoms with Crippen molar-refractivity contribution in [2.45, 2.75) is 6.61 Å². The van der Waals surface area contributed by atoms with Gasteiger partial charge in [0, 0.05) is 7.05 Å². The molecular weight excluding hydrogens is 156 g/mol. The Morgan fingerprint density at radius 3 is 2.73 bits per heavy atom. The highest BCUT2D eigenvalue weighted by Crippen LogP contribution is 2.18. The summed E-state index contributed by atoms with van der Waals surface area (Å²) in [4.78, 5) is 0. The molecule has 0 radical (unpaired) electrons. The second-order valence-corrected chi connectivity index (χ2v) is 1.94. The van der Waals surface area contributed by atoms with Crippen LogP contribution in [-0.4, -0.2) is 16.4 Å². The third-order valence-corrected chi connectivity index (χ3v) is 1.02. The van der Waals surface area contributed by atoms with Crippen LogP contribution in [0.4, 0.5) is 14.5 Å². The molecule has 0 saturated heterocycles. The fourth-order valence-corrected chi connectivity index (χ4v) is 0.662. The molecule has 0 unspecified atom stereocenters. The molecule has 0 amide bonds. The number of alkyl halides is 2. The highest BCUT2D eigenvalue weighted by Gasteiger charge is 2.10. The van der Waals surface area contributed by atoms with Crippen LogP contribution >= 0.6 is 0 Å². The van der Waals surface area contributed by atoms with Crippen LogP contribution in [0.1, 0.15) is 0 Å². The highest BCUT2D eigenvalue weighted by atomic mass is 19.3. The lowest BCUT2D eigenvalue weighted by molar-refractivity contribution is -0.0526. The molecule has 0 aromatic carbocycles. The first-order valence-corrected chi connectivity index (χ1v) is 2.83. The van der Waals surface area contributed by atoms with Gasteiger partial charge in [-0.05, 0) is 0 Å². The second kappa shape index (κ2) is 2.73. The molecular formula is C5H7F2N3O. The zero-order valence-corrected chi connectivity index (χ0v) is 5.79. The predicted molar refractivity (Wildman–Crippen MR) is 34.3 cm³/mol. The maximum absolute atomic E-state index is 11.6. The van der Waals surface area contributed by atoms with Gasteiger partial charge in [-0.25, -0.2) is 0 Å². The number of rotatable bonds is 2. The Labute approximate surface area is 61.6 Å². The zero-order chi connectivity index (χ0) is 8.43. The number of hydrogen-bond donors (Lipinski definition) is 1. The van der Waals surface area contributed by atoms with Gasteiger partial charge in [-0.2, -0.15) is 8.78 Å². The maximum Gasteiger partial charge on any atom is 0.388 e. The van der Waals surface area contributed by atoms with Gasteiger partial charge in [0.25, 0.3) is 5.88 Å². The van der Waals surface area contributed by atoms with Crippen molar-refractivity contribution in [3.05, 3.63) is 6.20 Å². The van der Waals surface area contributed by atoms with Gasteiger partial charge in [-0.3, -0.25) is 4.68 Å². The van der Waals surface area contributed by atoms with E-state index in [2.05, 4.69) is 9.84 Å². The Morgan fingerprint density at radius 2 is 2.36 bits per heavy atom. The van der Waals surface area contributed by atoms with Crippen LogP contribution in [-0.2, 0) is 7.05 Å². The molecule has 1 aromatic rings. The topological polar surface area (TPSA) is 53.1 Å². The average Bonchev–Trinajstić information content (AvgIpc) is 2.09. The second-order valence-electron chi connectivity index (χ2n) is 1.94. The van der Waals surface area contributed by atoms with E-state index in [1.807, 2.05) is 0 Å². The van der Waals surface area contributed by atoms with Crippen molar-refractivity contribution in [2.75, 3.05) is 5.73 Å². The van der Waals surface area contributed by atoms with E-state index in [1.165, 1.54) is 10.9 Å². The van der Waals surface area contributed by atoms with E-state index in [1.54, 1.807) is 7.05 Å². The molecule has 0 spiro atoms. The van der Waals surface area contributed by atoms with Crippen molar-refractivity contribution in [3.8, 4) is 5.88 Å². The van der Waals surface area contributed by atoms with Crippen LogP contribution in [0.15, 0.2) is 6.20 Å². The van der Waals surface area contributed by atoms with Gasteiger partial charge in [0.15, 0.2) is 0 Å². The fraction of sp³-hybridized carbons (Fsp3) is 0.400. The average molecular weight is 163 g/mol. The van der Waals surface area contributed by atoms with Crippen molar-refractivity contribution in [3.63, 3.8) is 0 Å². The molecule has 0 aliphatic heterocycles. The van der Waals surface area contributed by atoms with Gasteiger partial charge in [0.1, 0.15) is 5.69 Å². The standard InChI is InChI=1S/C5H7F2N3O/c1-10-2-3(8)4(9-10)11-5(6)7/h2,5H,8H2,1H3. The summed E-state index contributed by atoms with van der Waals surface area (Å²) in [7, 11) is 1.56. The number of aryl methyl sites for hydroxylation is 1. The molecule has 4 nitrogen and oxygen atoms in total. The number of halogens is 2. The van der Waals surface area contributed by atoms with Crippen molar-refractivity contribution >= 4 is 5.69 Å². The van der Waals surface area contributed by atoms with Crippen LogP contribution in [0.25, 0.3) is 0 Å². The van der Waals surface area contributed by atoms with E-state index in [0.717, 1.165) is 0 Å². The molecule has 0 aliphatic carbocycles. The molecule has 62 valence electrons. The Bertz CT molecular complexity index is 248. The van der Waals surface area contributed by atoms with Gasteiger partial charge >= 0.3 is 6.61 Å². The highest BCUT2D eigenvalue weighted by molar-refractivity contribution is 5.45. The zero-order valence-electron chi connectivity index (χ0n) is 5.79. The summed E-state index contributed by atoms with van der Waals surface area (Å²) in [5, 5.41) is 3.54. The van der Waals surface area contributed by atoms with Crippen molar-refractivity contribution in [1.29, 1.82) is 0 Å². The Morgan fingerprint density at radius 1 is 1.73 bits per heavy atom. The lowest BCUT2D eigenvalue weighted by Gasteiger charge is -1.98. The summed E-state index contributed by atoms with van der Waals surface area (Å²) in [6.45, 7) is -2.88. The summed E-state index contributed by atoms with van der Waals surface area (Å²) in [5.74, 6) is -0.234. The lowest BCUT2D eigenvalue weighted by atomic mass is 10.6. The first-order chi connectivity index (χ1) is 5.09. The Hall–Kier alpha value is -1.33. The van der Waals surface area contributed by atoms with Crippen LogP contribution in [0.2, 0.25) is 0 Å². The van der Waals surface area contributed by atoms with Crippen LogP contribution < -0.4 is 10.5 Å². The van der Waals surface area contributed by atoms with E-state index < -0.39 is 6.61 Å². The van der Waals surface area contributed by atoms with E-state index >= 15 is 0 Å². The smallest absolute Gasteiger partial charge is 0.388 e. The van der Waals surface area contributed by atoms with Crippen molar-refractivity contribution in [1.82, 2.24) is 9.78 Å². The summed E-state index contributed by atoms with van der Waals surface area (Å²) in [6, 6.07) is 0. The monoisotopic (exact) mass is 163 g/mol. The quantitative estimate of drug-likeness (QED) is 0.694. The minimum Gasteiger partial charge on any atom is -0.413 e. The fourth-order valence-electron chi connectivity index (χ4n) is 0.662. The van der Waals surface area contributed by atoms with Crippen LogP contribution in [0.5, 0.6) is 5.88 Å². The summed E-state index contributed by atoms with van der Waals surface area (Å²) >= 11 is 0. The summed E-state index contributed by atoms with van der Waals surface area (Å²) < 4.78 is 28.4. The first-order valence-electron chi connectivity index (χ1n) is 2.83. The third-order valence-electron chi connectivity index (χ3n) is 1.02. The Balaban J connectivity index is 2.77. The van der Waals surface area contributed by atoms with Gasteiger partial charge in [0.2, 0.25) is 0 Å². The molecule has 1 heterocycles. The number of nitrogens with two attached hydrogens (primary N) is 1. The normalized spacial score (nSPS) is 10.5. The SMILES string of the molecule is Cn1cc(N)c(OC(F)F)n1. The van der Waals surface area contributed by atoms with E-state index in [9.17, 15) is 8.78 Å². The molecule has 2 N–H and O–H groups in total. The minimum absolute atomic E-state index is 0.104. The third kappa shape index (κ3) is 1.79. The molecule has 0 atom stereocenters. The Kier molecular flexibility index (Phi) is 1.93. The summed E-state index contributed by atoms with van der Waals surface area (Å²) in [6.07, 6.45) is 1.39. The molecule has 0 bridgehead atoms. The van der Waals surface area contributed by atoms with Crippen molar-refractivity contribution < 1.29 is 13.5 Å². The number of hydrogen-bond acceptors (Lipinski definition) is 3. The molecule has 11 heavy (non-hydrogen) atoms. The van der Waals surface area contributed by atoms with Crippen LogP contribution in [0, 0.1) is 0 Å². The van der Waals surface area contributed by atoms with E-state index in [4.69, 9.17) is 5.73 Å². The largest absolute Gasteiger partial charge is 0.413 e. The lowest BCUT2D eigenvalue weighted by Crippen LogP contribution is -2.04. The predicted octanol–water partition coefficient (Wildman–Crippen LogP) is 0.604. The number of nitrogen functional groups attached to an aromatic ring is 1. The molecule has 1 rings (SSSR count). The molecule has 1 aromatic heterocycles. The summed E-state index contributed by atoms with van der Waals surface area (Å²) in [5.41, 5.74) is 5.35. The number of ether oxygens (including phenoxy) is 1. The minimum atomic E-state index is -2.88. The van der Waals surface area contributed by atoms with Gasteiger partial charge in [0.05, 0.1) is 6.20 Å². The maximum atomic E-state index is 11.6.